The van der Waals surface area contributed by atoms with E-state index < -0.39 is 5.60 Å². The molecule has 1 aliphatic rings. The summed E-state index contributed by atoms with van der Waals surface area (Å²) in [6.07, 6.45) is 2.19. The number of amides is 2. The monoisotopic (exact) mass is 186 g/mol. The Morgan fingerprint density at radius 3 is 2.46 bits per heavy atom. The van der Waals surface area contributed by atoms with Crippen LogP contribution in [0.2, 0.25) is 0 Å². The summed E-state index contributed by atoms with van der Waals surface area (Å²) in [6, 6.07) is -0.0559. The molecule has 4 nitrogen and oxygen atoms in total. The lowest BCUT2D eigenvalue weighted by Gasteiger charge is -2.21. The first-order chi connectivity index (χ1) is 5.99. The Hall–Kier alpha value is -0.770. The van der Waals surface area contributed by atoms with Gasteiger partial charge in [-0.3, -0.25) is 0 Å². The van der Waals surface area contributed by atoms with Crippen LogP contribution in [0.15, 0.2) is 0 Å². The Kier molecular flexibility index (Phi) is 3.14. The zero-order chi connectivity index (χ0) is 9.90. The van der Waals surface area contributed by atoms with Crippen LogP contribution in [0.25, 0.3) is 0 Å². The van der Waals surface area contributed by atoms with Gasteiger partial charge in [-0.1, -0.05) is 0 Å². The number of likely N-dealkylation sites (tertiary alicyclic amines) is 1. The summed E-state index contributed by atoms with van der Waals surface area (Å²) in [4.78, 5) is 13.2. The van der Waals surface area contributed by atoms with Crippen LogP contribution < -0.4 is 5.32 Å². The normalized spacial score (nSPS) is 17.6. The summed E-state index contributed by atoms with van der Waals surface area (Å²) >= 11 is 0. The van der Waals surface area contributed by atoms with Gasteiger partial charge in [-0.15, -0.1) is 0 Å². The second-order valence-corrected chi connectivity index (χ2v) is 4.17. The van der Waals surface area contributed by atoms with Gasteiger partial charge in [-0.05, 0) is 26.7 Å². The minimum atomic E-state index is -0.824. The van der Waals surface area contributed by atoms with Gasteiger partial charge in [-0.2, -0.15) is 0 Å². The maximum atomic E-state index is 11.4. The lowest BCUT2D eigenvalue weighted by molar-refractivity contribution is 0.0800. The van der Waals surface area contributed by atoms with Gasteiger partial charge in [0, 0.05) is 19.6 Å². The molecule has 76 valence electrons. The zero-order valence-corrected chi connectivity index (χ0v) is 8.34. The molecule has 0 aliphatic carbocycles. The molecule has 0 unspecified atom stereocenters. The Morgan fingerprint density at radius 1 is 1.46 bits per heavy atom. The zero-order valence-electron chi connectivity index (χ0n) is 8.34. The van der Waals surface area contributed by atoms with Gasteiger partial charge < -0.3 is 15.3 Å². The van der Waals surface area contributed by atoms with Gasteiger partial charge in [0.05, 0.1) is 5.60 Å². The van der Waals surface area contributed by atoms with Crippen molar-refractivity contribution >= 4 is 6.03 Å². The quantitative estimate of drug-likeness (QED) is 0.662. The van der Waals surface area contributed by atoms with E-state index in [0.717, 1.165) is 25.9 Å². The number of carbonyl (C=O) groups is 1. The molecule has 0 bridgehead atoms. The highest BCUT2D eigenvalue weighted by Crippen LogP contribution is 2.07. The second-order valence-electron chi connectivity index (χ2n) is 4.17. The smallest absolute Gasteiger partial charge is 0.317 e. The molecule has 1 rings (SSSR count). The molecule has 0 atom stereocenters. The average Bonchev–Trinajstić information content (AvgIpc) is 2.50. The van der Waals surface area contributed by atoms with Crippen molar-refractivity contribution in [3.8, 4) is 0 Å². The molecule has 0 aromatic rings. The van der Waals surface area contributed by atoms with Crippen molar-refractivity contribution in [1.29, 1.82) is 0 Å². The van der Waals surface area contributed by atoms with Gasteiger partial charge in [0.2, 0.25) is 0 Å². The van der Waals surface area contributed by atoms with Crippen LogP contribution in [0.5, 0.6) is 0 Å². The fourth-order valence-corrected chi connectivity index (χ4v) is 1.32. The first-order valence-electron chi connectivity index (χ1n) is 4.74. The van der Waals surface area contributed by atoms with Gasteiger partial charge in [-0.25, -0.2) is 4.79 Å². The fraction of sp³-hybridized carbons (Fsp3) is 0.889. The Balaban J connectivity index is 2.25. The molecule has 13 heavy (non-hydrogen) atoms. The minimum absolute atomic E-state index is 0.0559. The molecular weight excluding hydrogens is 168 g/mol. The minimum Gasteiger partial charge on any atom is -0.389 e. The molecule has 1 aliphatic heterocycles. The predicted molar refractivity (Wildman–Crippen MR) is 50.5 cm³/mol. The molecule has 2 N–H and O–H groups in total. The van der Waals surface area contributed by atoms with E-state index in [0.29, 0.717) is 6.54 Å². The van der Waals surface area contributed by atoms with Crippen molar-refractivity contribution in [2.75, 3.05) is 19.6 Å². The molecule has 1 heterocycles. The summed E-state index contributed by atoms with van der Waals surface area (Å²) in [7, 11) is 0. The van der Waals surface area contributed by atoms with Crippen molar-refractivity contribution in [2.45, 2.75) is 32.3 Å². The van der Waals surface area contributed by atoms with Gasteiger partial charge in [0.1, 0.15) is 0 Å². The number of urea groups is 1. The molecule has 0 aromatic heterocycles. The summed E-state index contributed by atoms with van der Waals surface area (Å²) in [6.45, 7) is 5.35. The highest BCUT2D eigenvalue weighted by atomic mass is 16.3. The third-order valence-electron chi connectivity index (χ3n) is 2.07. The summed E-state index contributed by atoms with van der Waals surface area (Å²) in [5, 5.41) is 12.1. The van der Waals surface area contributed by atoms with Crippen LogP contribution >= 0.6 is 0 Å². The van der Waals surface area contributed by atoms with Crippen molar-refractivity contribution < 1.29 is 9.90 Å². The predicted octanol–water partition coefficient (Wildman–Crippen LogP) is 0.563. The van der Waals surface area contributed by atoms with Gasteiger partial charge in [0.15, 0.2) is 0 Å². The van der Waals surface area contributed by atoms with Crippen molar-refractivity contribution in [3.63, 3.8) is 0 Å². The number of nitrogens with zero attached hydrogens (tertiary/aromatic N) is 1. The summed E-state index contributed by atoms with van der Waals surface area (Å²) in [5.41, 5.74) is -0.824. The van der Waals surface area contributed by atoms with Crippen molar-refractivity contribution in [3.05, 3.63) is 0 Å². The van der Waals surface area contributed by atoms with Crippen LogP contribution in [0, 0.1) is 0 Å². The number of carbonyl (C=O) groups excluding carboxylic acids is 1. The number of hydrogen-bond acceptors (Lipinski definition) is 2. The largest absolute Gasteiger partial charge is 0.389 e. The molecule has 1 saturated heterocycles. The van der Waals surface area contributed by atoms with E-state index in [2.05, 4.69) is 5.32 Å². The van der Waals surface area contributed by atoms with Crippen LogP contribution in [-0.4, -0.2) is 41.3 Å². The van der Waals surface area contributed by atoms with E-state index in [1.807, 2.05) is 0 Å². The summed E-state index contributed by atoms with van der Waals surface area (Å²) < 4.78 is 0. The molecule has 0 spiro atoms. The number of nitrogens with one attached hydrogen (secondary N) is 1. The molecule has 1 fully saturated rings. The highest BCUT2D eigenvalue weighted by Gasteiger charge is 2.20. The molecule has 4 heteroatoms. The van der Waals surface area contributed by atoms with E-state index in [9.17, 15) is 9.90 Å². The number of hydrogen-bond donors (Lipinski definition) is 2. The van der Waals surface area contributed by atoms with Crippen molar-refractivity contribution in [1.82, 2.24) is 10.2 Å². The van der Waals surface area contributed by atoms with E-state index in [4.69, 9.17) is 0 Å². The first-order valence-corrected chi connectivity index (χ1v) is 4.74. The molecular formula is C9H18N2O2. The Morgan fingerprint density at radius 2 is 2.00 bits per heavy atom. The standard InChI is InChI=1S/C9H18N2O2/c1-9(2,13)7-10-8(12)11-5-3-4-6-11/h13H,3-7H2,1-2H3,(H,10,12). The van der Waals surface area contributed by atoms with Crippen LogP contribution in [0.1, 0.15) is 26.7 Å². The van der Waals surface area contributed by atoms with E-state index in [-0.39, 0.29) is 6.03 Å². The SMILES string of the molecule is CC(C)(O)CNC(=O)N1CCCC1. The van der Waals surface area contributed by atoms with Crippen LogP contribution in [0.4, 0.5) is 4.79 Å². The van der Waals surface area contributed by atoms with E-state index >= 15 is 0 Å². The lowest BCUT2D eigenvalue weighted by atomic mass is 10.1. The van der Waals surface area contributed by atoms with Gasteiger partial charge in [0.25, 0.3) is 0 Å². The number of aliphatic hydroxyl groups is 1. The average molecular weight is 186 g/mol. The topological polar surface area (TPSA) is 52.6 Å². The van der Waals surface area contributed by atoms with E-state index in [1.54, 1.807) is 18.7 Å². The number of rotatable bonds is 2. The summed E-state index contributed by atoms with van der Waals surface area (Å²) in [5.74, 6) is 0. The Bertz CT molecular complexity index is 181. The van der Waals surface area contributed by atoms with Gasteiger partial charge >= 0.3 is 6.03 Å². The Labute approximate surface area is 78.9 Å². The first kappa shape index (κ1) is 10.3. The van der Waals surface area contributed by atoms with Crippen molar-refractivity contribution in [2.24, 2.45) is 0 Å². The molecule has 0 saturated carbocycles. The molecule has 0 aromatic carbocycles. The molecule has 0 radical (unpaired) electrons. The second kappa shape index (κ2) is 3.96. The molecule has 2 amide bonds. The van der Waals surface area contributed by atoms with E-state index in [1.165, 1.54) is 0 Å². The lowest BCUT2D eigenvalue weighted by Crippen LogP contribution is -2.44. The maximum absolute atomic E-state index is 11.4. The van der Waals surface area contributed by atoms with Crippen LogP contribution in [0.3, 0.4) is 0 Å². The third kappa shape index (κ3) is 3.63. The third-order valence-corrected chi connectivity index (χ3v) is 2.07. The fourth-order valence-electron chi connectivity index (χ4n) is 1.32. The van der Waals surface area contributed by atoms with Crippen LogP contribution in [-0.2, 0) is 0 Å². The maximum Gasteiger partial charge on any atom is 0.317 e. The highest BCUT2D eigenvalue weighted by molar-refractivity contribution is 5.74.